The van der Waals surface area contributed by atoms with Gasteiger partial charge in [0, 0.05) is 17.1 Å². The van der Waals surface area contributed by atoms with Crippen molar-refractivity contribution >= 4 is 16.9 Å². The molecule has 1 aliphatic rings. The van der Waals surface area contributed by atoms with Crippen LogP contribution in [0.2, 0.25) is 0 Å². The number of hydrogen-bond acceptors (Lipinski definition) is 2. The number of aromatic amines is 1. The van der Waals surface area contributed by atoms with Crippen LogP contribution in [0.3, 0.4) is 0 Å². The third kappa shape index (κ3) is 1.88. The number of carboxylic acid groups (broad SMARTS) is 1. The van der Waals surface area contributed by atoms with Gasteiger partial charge >= 0.3 is 5.97 Å². The van der Waals surface area contributed by atoms with Crippen LogP contribution in [0.5, 0.6) is 0 Å². The van der Waals surface area contributed by atoms with E-state index in [1.54, 1.807) is 6.20 Å². The van der Waals surface area contributed by atoms with E-state index in [1.807, 2.05) is 18.2 Å². The van der Waals surface area contributed by atoms with Gasteiger partial charge in [-0.25, -0.2) is 0 Å². The molecule has 1 aliphatic carbocycles. The summed E-state index contributed by atoms with van der Waals surface area (Å²) in [6.45, 7) is 0. The molecule has 0 radical (unpaired) electrons. The number of aromatic nitrogens is 1. The van der Waals surface area contributed by atoms with Crippen molar-refractivity contribution in [3.63, 3.8) is 0 Å². The predicted octanol–water partition coefficient (Wildman–Crippen LogP) is 3.01. The maximum Gasteiger partial charge on any atom is 0.307 e. The van der Waals surface area contributed by atoms with Gasteiger partial charge in [-0.15, -0.1) is 0 Å². The smallest absolute Gasteiger partial charge is 0.307 e. The van der Waals surface area contributed by atoms with Crippen LogP contribution in [0.1, 0.15) is 36.3 Å². The summed E-state index contributed by atoms with van der Waals surface area (Å²) in [4.78, 5) is 14.3. The van der Waals surface area contributed by atoms with Crippen LogP contribution in [0.25, 0.3) is 10.9 Å². The molecule has 3 rings (SSSR count). The fraction of sp³-hybridized carbons (Fsp3) is 0.333. The highest BCUT2D eigenvalue weighted by Gasteiger charge is 2.33. The van der Waals surface area contributed by atoms with Crippen molar-refractivity contribution in [1.29, 1.82) is 5.26 Å². The Morgan fingerprint density at radius 2 is 2.26 bits per heavy atom. The summed E-state index contributed by atoms with van der Waals surface area (Å²) in [7, 11) is 0. The molecule has 1 saturated carbocycles. The Balaban J connectivity index is 2.05. The van der Waals surface area contributed by atoms with Crippen LogP contribution in [0.15, 0.2) is 24.4 Å². The van der Waals surface area contributed by atoms with Gasteiger partial charge < -0.3 is 10.1 Å². The maximum atomic E-state index is 11.3. The minimum absolute atomic E-state index is 0.0725. The number of H-pyrrole nitrogens is 1. The molecule has 0 bridgehead atoms. The second-order valence-electron chi connectivity index (χ2n) is 5.10. The van der Waals surface area contributed by atoms with Crippen molar-refractivity contribution in [3.8, 4) is 6.07 Å². The van der Waals surface area contributed by atoms with E-state index in [2.05, 4.69) is 11.1 Å². The molecule has 0 amide bonds. The number of nitrogens with one attached hydrogen (secondary N) is 1. The Kier molecular flexibility index (Phi) is 2.75. The van der Waals surface area contributed by atoms with Crippen molar-refractivity contribution < 1.29 is 9.90 Å². The van der Waals surface area contributed by atoms with Crippen molar-refractivity contribution in [1.82, 2.24) is 4.98 Å². The van der Waals surface area contributed by atoms with E-state index >= 15 is 0 Å². The van der Waals surface area contributed by atoms with E-state index in [0.29, 0.717) is 5.56 Å². The third-order valence-electron chi connectivity index (χ3n) is 4.09. The highest BCUT2D eigenvalue weighted by atomic mass is 16.4. The molecule has 1 aromatic heterocycles. The highest BCUT2D eigenvalue weighted by molar-refractivity contribution is 5.86. The SMILES string of the molecule is N#Cc1c[nH]c2ccc([C@@H]3CCC[C@H]3C(=O)O)cc12. The molecule has 1 aromatic carbocycles. The van der Waals surface area contributed by atoms with Gasteiger partial charge in [0.05, 0.1) is 11.5 Å². The summed E-state index contributed by atoms with van der Waals surface area (Å²) in [5, 5.41) is 19.2. The Morgan fingerprint density at radius 1 is 1.42 bits per heavy atom. The van der Waals surface area contributed by atoms with Crippen LogP contribution >= 0.6 is 0 Å². The van der Waals surface area contributed by atoms with E-state index in [1.165, 1.54) is 0 Å². The van der Waals surface area contributed by atoms with E-state index in [0.717, 1.165) is 35.7 Å². The van der Waals surface area contributed by atoms with Gasteiger partial charge in [-0.3, -0.25) is 4.79 Å². The molecule has 0 saturated heterocycles. The number of rotatable bonds is 2. The second-order valence-corrected chi connectivity index (χ2v) is 5.10. The number of carboxylic acids is 1. The van der Waals surface area contributed by atoms with E-state index < -0.39 is 5.97 Å². The first-order valence-electron chi connectivity index (χ1n) is 6.44. The summed E-state index contributed by atoms with van der Waals surface area (Å²) in [5.41, 5.74) is 2.57. The Morgan fingerprint density at radius 3 is 3.00 bits per heavy atom. The summed E-state index contributed by atoms with van der Waals surface area (Å²) in [6.07, 6.45) is 4.31. The molecule has 1 fully saturated rings. The number of hydrogen-bond donors (Lipinski definition) is 2. The molecule has 0 spiro atoms. The minimum Gasteiger partial charge on any atom is -0.481 e. The Labute approximate surface area is 110 Å². The molecule has 1 heterocycles. The van der Waals surface area contributed by atoms with Crippen molar-refractivity contribution in [2.24, 2.45) is 5.92 Å². The van der Waals surface area contributed by atoms with Crippen LogP contribution in [-0.4, -0.2) is 16.1 Å². The lowest BCUT2D eigenvalue weighted by atomic mass is 9.88. The zero-order valence-corrected chi connectivity index (χ0v) is 10.4. The van der Waals surface area contributed by atoms with Crippen LogP contribution in [0.4, 0.5) is 0 Å². The fourth-order valence-corrected chi connectivity index (χ4v) is 3.12. The Hall–Kier alpha value is -2.28. The van der Waals surface area contributed by atoms with Crippen LogP contribution < -0.4 is 0 Å². The number of nitrogens with zero attached hydrogens (tertiary/aromatic N) is 1. The lowest BCUT2D eigenvalue weighted by molar-refractivity contribution is -0.142. The topological polar surface area (TPSA) is 76.9 Å². The maximum absolute atomic E-state index is 11.3. The molecule has 0 aliphatic heterocycles. The monoisotopic (exact) mass is 254 g/mol. The number of carbonyl (C=O) groups is 1. The number of aliphatic carboxylic acids is 1. The molecule has 2 atom stereocenters. The van der Waals surface area contributed by atoms with Crippen molar-refractivity contribution in [2.45, 2.75) is 25.2 Å². The standard InChI is InChI=1S/C15H14N2O2/c16-7-10-8-17-14-5-4-9(6-13(10)14)11-2-1-3-12(11)15(18)19/h4-6,8,11-12,17H,1-3H2,(H,18,19)/t11-,12+/m0/s1. The van der Waals surface area contributed by atoms with Gasteiger partial charge in [-0.2, -0.15) is 5.26 Å². The number of fused-ring (bicyclic) bond motifs is 1. The normalized spacial score (nSPS) is 22.5. The molecular weight excluding hydrogens is 240 g/mol. The number of benzene rings is 1. The van der Waals surface area contributed by atoms with Crippen molar-refractivity contribution in [2.75, 3.05) is 0 Å². The van der Waals surface area contributed by atoms with E-state index in [-0.39, 0.29) is 11.8 Å². The molecule has 96 valence electrons. The summed E-state index contributed by atoms with van der Waals surface area (Å²) in [5.74, 6) is -0.928. The van der Waals surface area contributed by atoms with Gasteiger partial charge in [0.2, 0.25) is 0 Å². The molecule has 4 heteroatoms. The lowest BCUT2D eigenvalue weighted by Crippen LogP contribution is -2.16. The zero-order chi connectivity index (χ0) is 13.4. The average Bonchev–Trinajstić information content (AvgIpc) is 3.04. The van der Waals surface area contributed by atoms with Gasteiger partial charge in [-0.05, 0) is 36.5 Å². The first-order valence-corrected chi connectivity index (χ1v) is 6.44. The van der Waals surface area contributed by atoms with Crippen LogP contribution in [-0.2, 0) is 4.79 Å². The molecule has 4 nitrogen and oxygen atoms in total. The molecule has 0 unspecified atom stereocenters. The van der Waals surface area contributed by atoms with Crippen molar-refractivity contribution in [3.05, 3.63) is 35.5 Å². The first kappa shape index (κ1) is 11.8. The first-order chi connectivity index (χ1) is 9.20. The lowest BCUT2D eigenvalue weighted by Gasteiger charge is -2.16. The quantitative estimate of drug-likeness (QED) is 0.864. The van der Waals surface area contributed by atoms with E-state index in [4.69, 9.17) is 5.26 Å². The largest absolute Gasteiger partial charge is 0.481 e. The second kappa shape index (κ2) is 4.43. The predicted molar refractivity (Wildman–Crippen MR) is 70.7 cm³/mol. The van der Waals surface area contributed by atoms with Gasteiger partial charge in [0.25, 0.3) is 0 Å². The zero-order valence-electron chi connectivity index (χ0n) is 10.4. The molecule has 19 heavy (non-hydrogen) atoms. The molecule has 2 aromatic rings. The summed E-state index contributed by atoms with van der Waals surface area (Å²) < 4.78 is 0. The molecule has 2 N–H and O–H groups in total. The Bertz CT molecular complexity index is 681. The van der Waals surface area contributed by atoms with E-state index in [9.17, 15) is 9.90 Å². The molecular formula is C15H14N2O2. The fourth-order valence-electron chi connectivity index (χ4n) is 3.12. The highest BCUT2D eigenvalue weighted by Crippen LogP contribution is 2.40. The summed E-state index contributed by atoms with van der Waals surface area (Å²) in [6, 6.07) is 8.03. The number of nitriles is 1. The van der Waals surface area contributed by atoms with Crippen LogP contribution in [0, 0.1) is 17.2 Å². The van der Waals surface area contributed by atoms with Gasteiger partial charge in [0.1, 0.15) is 6.07 Å². The van der Waals surface area contributed by atoms with Gasteiger partial charge in [0.15, 0.2) is 0 Å². The minimum atomic E-state index is -0.711. The third-order valence-corrected chi connectivity index (χ3v) is 4.09. The average molecular weight is 254 g/mol. The summed E-state index contributed by atoms with van der Waals surface area (Å²) >= 11 is 0. The van der Waals surface area contributed by atoms with Gasteiger partial charge in [-0.1, -0.05) is 12.5 Å².